The lowest BCUT2D eigenvalue weighted by Gasteiger charge is -2.13. The molecule has 0 bridgehead atoms. The first kappa shape index (κ1) is 16.2. The second-order valence-electron chi connectivity index (χ2n) is 4.30. The van der Waals surface area contributed by atoms with Gasteiger partial charge in [0.25, 0.3) is 5.91 Å². The van der Waals surface area contributed by atoms with Gasteiger partial charge in [-0.1, -0.05) is 23.9 Å². The molecule has 1 heterocycles. The zero-order chi connectivity index (χ0) is 16.3. The highest BCUT2D eigenvalue weighted by atomic mass is 32.2. The Kier molecular flexibility index (Phi) is 4.94. The molecule has 2 amide bonds. The third-order valence-corrected chi connectivity index (χ3v) is 3.99. The first-order valence-corrected chi connectivity index (χ1v) is 7.38. The summed E-state index contributed by atoms with van der Waals surface area (Å²) in [7, 11) is 1.31. The fraction of sp³-hybridized carbons (Fsp3) is 0.143. The molecule has 22 heavy (non-hydrogen) atoms. The van der Waals surface area contributed by atoms with E-state index in [4.69, 9.17) is 12.2 Å². The molecule has 1 fully saturated rings. The molecule has 1 N–H and O–H groups in total. The number of hydrogen-bond donors (Lipinski definition) is 1. The Morgan fingerprint density at radius 1 is 1.32 bits per heavy atom. The summed E-state index contributed by atoms with van der Waals surface area (Å²) in [5.41, 5.74) is 3.52. The first-order chi connectivity index (χ1) is 10.4. The highest BCUT2D eigenvalue weighted by Crippen LogP contribution is 2.31. The molecule has 0 spiro atoms. The predicted molar refractivity (Wildman–Crippen MR) is 86.6 cm³/mol. The molecule has 0 atom stereocenters. The van der Waals surface area contributed by atoms with Gasteiger partial charge in [-0.25, -0.2) is 4.79 Å². The summed E-state index contributed by atoms with van der Waals surface area (Å²) in [5.74, 6) is -1.19. The average molecular weight is 336 g/mol. The number of nitrogens with one attached hydrogen (secondary N) is 1. The van der Waals surface area contributed by atoms with E-state index in [0.29, 0.717) is 10.5 Å². The zero-order valence-corrected chi connectivity index (χ0v) is 13.4. The smallest absolute Gasteiger partial charge is 0.337 e. The van der Waals surface area contributed by atoms with Gasteiger partial charge in [-0.05, 0) is 36.0 Å². The van der Waals surface area contributed by atoms with Crippen molar-refractivity contribution in [2.45, 2.75) is 6.92 Å². The number of carbonyl (C=O) groups excluding carboxylic acids is 3. The van der Waals surface area contributed by atoms with Crippen molar-refractivity contribution in [3.05, 3.63) is 40.3 Å². The number of thioether (sulfide) groups is 1. The minimum atomic E-state index is -0.427. The topological polar surface area (TPSA) is 75.7 Å². The van der Waals surface area contributed by atoms with E-state index in [-0.39, 0.29) is 16.1 Å². The van der Waals surface area contributed by atoms with Crippen LogP contribution in [0.25, 0.3) is 6.08 Å². The summed E-state index contributed by atoms with van der Waals surface area (Å²) in [6.45, 7) is 1.30. The highest BCUT2D eigenvalue weighted by Gasteiger charge is 2.32. The third kappa shape index (κ3) is 3.52. The van der Waals surface area contributed by atoms with E-state index in [0.717, 1.165) is 22.3 Å². The molecule has 8 heteroatoms. The lowest BCUT2D eigenvalue weighted by atomic mass is 10.1. The Bertz CT molecular complexity index is 683. The first-order valence-electron chi connectivity index (χ1n) is 6.16. The number of esters is 1. The van der Waals surface area contributed by atoms with E-state index in [1.54, 1.807) is 30.3 Å². The van der Waals surface area contributed by atoms with Gasteiger partial charge < -0.3 is 4.74 Å². The van der Waals surface area contributed by atoms with Gasteiger partial charge >= 0.3 is 5.97 Å². The van der Waals surface area contributed by atoms with Gasteiger partial charge in [0.2, 0.25) is 5.91 Å². The molecule has 0 unspecified atom stereocenters. The number of carbonyl (C=O) groups is 3. The number of amides is 2. The molecule has 2 rings (SSSR count). The molecule has 114 valence electrons. The molecule has 1 saturated heterocycles. The van der Waals surface area contributed by atoms with Crippen LogP contribution >= 0.6 is 24.0 Å². The molecular formula is C14H12N2O4S2. The van der Waals surface area contributed by atoms with E-state index in [1.165, 1.54) is 14.0 Å². The summed E-state index contributed by atoms with van der Waals surface area (Å²) in [6.07, 6.45) is 1.64. The largest absolute Gasteiger partial charge is 0.465 e. The van der Waals surface area contributed by atoms with Gasteiger partial charge in [0.05, 0.1) is 17.6 Å². The number of benzene rings is 1. The third-order valence-electron chi connectivity index (χ3n) is 2.69. The van der Waals surface area contributed by atoms with E-state index < -0.39 is 5.97 Å². The van der Waals surface area contributed by atoms with Crippen molar-refractivity contribution < 1.29 is 19.1 Å². The lowest BCUT2D eigenvalue weighted by molar-refractivity contribution is -0.131. The highest BCUT2D eigenvalue weighted by molar-refractivity contribution is 8.26. The molecule has 0 aromatic heterocycles. The molecule has 1 aliphatic rings. The Hall–Kier alpha value is -2.19. The van der Waals surface area contributed by atoms with E-state index in [1.807, 2.05) is 0 Å². The number of nitrogens with zero attached hydrogens (tertiary/aromatic N) is 1. The monoisotopic (exact) mass is 336 g/mol. The maximum Gasteiger partial charge on any atom is 0.337 e. The molecule has 1 aromatic rings. The van der Waals surface area contributed by atoms with E-state index in [2.05, 4.69) is 10.2 Å². The van der Waals surface area contributed by atoms with Crippen molar-refractivity contribution in [3.8, 4) is 0 Å². The van der Waals surface area contributed by atoms with Gasteiger partial charge in [0.15, 0.2) is 4.32 Å². The van der Waals surface area contributed by atoms with Crippen LogP contribution in [0.2, 0.25) is 0 Å². The number of rotatable bonds is 3. The fourth-order valence-electron chi connectivity index (χ4n) is 1.71. The van der Waals surface area contributed by atoms with Crippen LogP contribution in [-0.2, 0) is 14.3 Å². The minimum absolute atomic E-state index is 0.262. The normalized spacial score (nSPS) is 16.1. The molecule has 1 aromatic carbocycles. The number of hydrogen-bond acceptors (Lipinski definition) is 6. The van der Waals surface area contributed by atoms with Crippen LogP contribution in [0.15, 0.2) is 29.2 Å². The second-order valence-corrected chi connectivity index (χ2v) is 5.97. The van der Waals surface area contributed by atoms with Crippen LogP contribution in [0.3, 0.4) is 0 Å². The summed E-state index contributed by atoms with van der Waals surface area (Å²) >= 11 is 6.15. The van der Waals surface area contributed by atoms with Crippen molar-refractivity contribution in [1.29, 1.82) is 0 Å². The van der Waals surface area contributed by atoms with Crippen molar-refractivity contribution in [1.82, 2.24) is 10.4 Å². The molecular weight excluding hydrogens is 324 g/mol. The standard InChI is InChI=1S/C14H12N2O4S2/c1-8(17)15-16-12(18)11(22-14(16)21)7-9-3-5-10(6-4-9)13(19)20-2/h3-7H,1-2H3,(H,15,17)/b11-7+. The Balaban J connectivity index is 2.19. The Morgan fingerprint density at radius 3 is 2.50 bits per heavy atom. The van der Waals surface area contributed by atoms with Crippen LogP contribution in [-0.4, -0.2) is 34.2 Å². The quantitative estimate of drug-likeness (QED) is 0.515. The molecule has 0 aliphatic carbocycles. The maximum atomic E-state index is 12.1. The zero-order valence-electron chi connectivity index (χ0n) is 11.8. The summed E-state index contributed by atoms with van der Waals surface area (Å²) in [6, 6.07) is 6.59. The number of ether oxygens (including phenoxy) is 1. The molecule has 1 aliphatic heterocycles. The van der Waals surface area contributed by atoms with Gasteiger partial charge in [0, 0.05) is 6.92 Å². The van der Waals surface area contributed by atoms with E-state index in [9.17, 15) is 14.4 Å². The predicted octanol–water partition coefficient (Wildman–Crippen LogP) is 1.73. The minimum Gasteiger partial charge on any atom is -0.465 e. The number of methoxy groups -OCH3 is 1. The van der Waals surface area contributed by atoms with Crippen LogP contribution in [0.4, 0.5) is 0 Å². The van der Waals surface area contributed by atoms with Crippen molar-refractivity contribution in [2.24, 2.45) is 0 Å². The van der Waals surface area contributed by atoms with Crippen LogP contribution in [0, 0.1) is 0 Å². The average Bonchev–Trinajstić information content (AvgIpc) is 2.74. The van der Waals surface area contributed by atoms with Crippen molar-refractivity contribution in [2.75, 3.05) is 7.11 Å². The maximum absolute atomic E-state index is 12.1. The van der Waals surface area contributed by atoms with E-state index >= 15 is 0 Å². The van der Waals surface area contributed by atoms with Gasteiger partial charge in [-0.15, -0.1) is 0 Å². The summed E-state index contributed by atoms with van der Waals surface area (Å²) in [5, 5.41) is 1.04. The summed E-state index contributed by atoms with van der Waals surface area (Å²) < 4.78 is 4.88. The van der Waals surface area contributed by atoms with Crippen LogP contribution in [0.5, 0.6) is 0 Å². The molecule has 6 nitrogen and oxygen atoms in total. The Morgan fingerprint density at radius 2 is 1.95 bits per heavy atom. The van der Waals surface area contributed by atoms with Crippen molar-refractivity contribution >= 4 is 52.2 Å². The molecule has 0 saturated carbocycles. The van der Waals surface area contributed by atoms with Gasteiger partial charge in [-0.2, -0.15) is 5.01 Å². The number of thiocarbonyl (C=S) groups is 1. The SMILES string of the molecule is COC(=O)c1ccc(/C=C2/SC(=S)N(NC(C)=O)C2=O)cc1. The fourth-order valence-corrected chi connectivity index (χ4v) is 2.89. The lowest BCUT2D eigenvalue weighted by Crippen LogP contribution is -2.43. The van der Waals surface area contributed by atoms with Crippen LogP contribution in [0.1, 0.15) is 22.8 Å². The van der Waals surface area contributed by atoms with Gasteiger partial charge in [-0.3, -0.25) is 15.0 Å². The van der Waals surface area contributed by atoms with Gasteiger partial charge in [0.1, 0.15) is 0 Å². The summed E-state index contributed by atoms with van der Waals surface area (Å²) in [4.78, 5) is 34.9. The Labute approximate surface area is 136 Å². The molecule has 0 radical (unpaired) electrons. The van der Waals surface area contributed by atoms with Crippen molar-refractivity contribution in [3.63, 3.8) is 0 Å². The second kappa shape index (κ2) is 6.71. The van der Waals surface area contributed by atoms with Crippen LogP contribution < -0.4 is 5.43 Å². The number of hydrazine groups is 1.